The Kier molecular flexibility index (Phi) is 4.80. The quantitative estimate of drug-likeness (QED) is 0.301. The predicted octanol–water partition coefficient (Wildman–Crippen LogP) is 5.65. The minimum atomic E-state index is -0.261. The number of aromatic amines is 2. The molecule has 34 heavy (non-hydrogen) atoms. The molecule has 0 radical (unpaired) electrons. The maximum absolute atomic E-state index is 13.6. The average Bonchev–Trinajstić information content (AvgIpc) is 3.55. The Bertz CT molecular complexity index is 1650. The topological polar surface area (TPSA) is 108 Å². The van der Waals surface area contributed by atoms with Crippen LogP contribution in [0.3, 0.4) is 0 Å². The average molecular weight is 471 g/mol. The Hall–Kier alpha value is -4.18. The lowest BCUT2D eigenvalue weighted by atomic mass is 10.1. The maximum atomic E-state index is 13.6. The summed E-state index contributed by atoms with van der Waals surface area (Å²) in [6.07, 6.45) is 7.10. The molecule has 0 bridgehead atoms. The van der Waals surface area contributed by atoms with Crippen molar-refractivity contribution >= 4 is 39.1 Å². The Balaban J connectivity index is 1.45. The normalized spacial score (nSPS) is 11.6. The third kappa shape index (κ3) is 3.57. The lowest BCUT2D eigenvalue weighted by molar-refractivity contribution is 0.657. The molecule has 0 unspecified atom stereocenters. The molecule has 6 aromatic rings. The summed E-state index contributed by atoms with van der Waals surface area (Å²) in [5.74, 6) is 0.583. The molecular weight excluding hydrogens is 451 g/mol. The van der Waals surface area contributed by atoms with E-state index in [4.69, 9.17) is 4.98 Å². The number of anilines is 1. The molecule has 0 aromatic carbocycles. The van der Waals surface area contributed by atoms with Crippen molar-refractivity contribution < 1.29 is 4.39 Å². The molecule has 0 atom stereocenters. The van der Waals surface area contributed by atoms with Gasteiger partial charge in [0.15, 0.2) is 16.6 Å². The fourth-order valence-corrected chi connectivity index (χ4v) is 4.65. The van der Waals surface area contributed by atoms with E-state index in [-0.39, 0.29) is 5.13 Å². The van der Waals surface area contributed by atoms with Crippen LogP contribution in [0.1, 0.15) is 13.8 Å². The highest BCUT2D eigenvalue weighted by Crippen LogP contribution is 2.33. The van der Waals surface area contributed by atoms with E-state index in [9.17, 15) is 4.39 Å². The molecule has 8 nitrogen and oxygen atoms in total. The molecule has 0 amide bonds. The Morgan fingerprint density at radius 1 is 1.00 bits per heavy atom. The molecule has 0 aliphatic carbocycles. The summed E-state index contributed by atoms with van der Waals surface area (Å²) < 4.78 is 13.6. The van der Waals surface area contributed by atoms with E-state index in [0.29, 0.717) is 34.4 Å². The number of hydrogen-bond acceptors (Lipinski definition) is 7. The van der Waals surface area contributed by atoms with Gasteiger partial charge in [-0.2, -0.15) is 9.49 Å². The molecule has 168 valence electrons. The number of hydrogen-bond donors (Lipinski definition) is 3. The van der Waals surface area contributed by atoms with Gasteiger partial charge < -0.3 is 10.3 Å². The summed E-state index contributed by atoms with van der Waals surface area (Å²) >= 11 is 1.04. The number of nitrogens with zero attached hydrogens (tertiary/aromatic N) is 5. The van der Waals surface area contributed by atoms with Crippen LogP contribution in [-0.4, -0.2) is 41.2 Å². The molecule has 0 aliphatic heterocycles. The first-order valence-electron chi connectivity index (χ1n) is 10.7. The van der Waals surface area contributed by atoms with Crippen LogP contribution in [0.15, 0.2) is 55.1 Å². The summed E-state index contributed by atoms with van der Waals surface area (Å²) in [6, 6.07) is 9.37. The predicted molar refractivity (Wildman–Crippen MR) is 132 cm³/mol. The number of imidazole rings is 1. The monoisotopic (exact) mass is 470 g/mol. The summed E-state index contributed by atoms with van der Waals surface area (Å²) in [7, 11) is 0. The van der Waals surface area contributed by atoms with E-state index in [1.54, 1.807) is 24.7 Å². The van der Waals surface area contributed by atoms with Gasteiger partial charge in [0.1, 0.15) is 16.9 Å². The van der Waals surface area contributed by atoms with Crippen molar-refractivity contribution in [2.24, 2.45) is 0 Å². The Morgan fingerprint density at radius 3 is 2.71 bits per heavy atom. The summed E-state index contributed by atoms with van der Waals surface area (Å²) in [6.45, 7) is 4.17. The molecule has 0 aliphatic rings. The Morgan fingerprint density at radius 2 is 1.88 bits per heavy atom. The van der Waals surface area contributed by atoms with Gasteiger partial charge in [0.05, 0.1) is 21.5 Å². The van der Waals surface area contributed by atoms with Crippen LogP contribution in [0.5, 0.6) is 0 Å². The lowest BCUT2D eigenvalue weighted by Crippen LogP contribution is -2.09. The Labute approximate surface area is 197 Å². The van der Waals surface area contributed by atoms with Gasteiger partial charge >= 0.3 is 0 Å². The lowest BCUT2D eigenvalue weighted by Gasteiger charge is -2.10. The number of rotatable bonds is 5. The number of pyridine rings is 3. The molecule has 10 heteroatoms. The smallest absolute Gasteiger partial charge is 0.177 e. The van der Waals surface area contributed by atoms with Gasteiger partial charge in [-0.15, -0.1) is 11.3 Å². The van der Waals surface area contributed by atoms with Crippen molar-refractivity contribution in [3.8, 4) is 33.2 Å². The molecule has 0 saturated heterocycles. The zero-order valence-corrected chi connectivity index (χ0v) is 19.1. The third-order valence-corrected chi connectivity index (χ3v) is 6.26. The van der Waals surface area contributed by atoms with Gasteiger partial charge in [0.2, 0.25) is 0 Å². The molecule has 0 fully saturated rings. The van der Waals surface area contributed by atoms with E-state index in [2.05, 4.69) is 55.4 Å². The van der Waals surface area contributed by atoms with E-state index in [1.165, 1.54) is 6.07 Å². The number of fused-ring (bicyclic) bond motifs is 2. The standard InChI is InChI=1S/C24H19FN8S/c1-12(2)29-15-7-13(9-26-11-15)14-8-16-20(32-33-23(16)28-10-14)24-30-17-5-6-27-22(21(17)31-24)18-3-4-19(25)34-18/h3-12,29H,1-2H3,(H,30,31)(H,28,32,33). The highest BCUT2D eigenvalue weighted by Gasteiger charge is 2.18. The van der Waals surface area contributed by atoms with Gasteiger partial charge in [-0.1, -0.05) is 0 Å². The summed E-state index contributed by atoms with van der Waals surface area (Å²) in [4.78, 5) is 22.2. The molecule has 0 saturated carbocycles. The molecule has 6 heterocycles. The van der Waals surface area contributed by atoms with E-state index < -0.39 is 0 Å². The van der Waals surface area contributed by atoms with Crippen LogP contribution in [0.25, 0.3) is 55.3 Å². The van der Waals surface area contributed by atoms with Gasteiger partial charge in [0.25, 0.3) is 0 Å². The largest absolute Gasteiger partial charge is 0.382 e. The van der Waals surface area contributed by atoms with Crippen LogP contribution >= 0.6 is 11.3 Å². The summed E-state index contributed by atoms with van der Waals surface area (Å²) in [5.41, 5.74) is 6.21. The maximum Gasteiger partial charge on any atom is 0.177 e. The van der Waals surface area contributed by atoms with Crippen LogP contribution in [0.4, 0.5) is 10.1 Å². The van der Waals surface area contributed by atoms with Crippen molar-refractivity contribution in [3.05, 3.63) is 60.3 Å². The van der Waals surface area contributed by atoms with Crippen molar-refractivity contribution in [1.82, 2.24) is 35.1 Å². The van der Waals surface area contributed by atoms with Crippen molar-refractivity contribution in [3.63, 3.8) is 0 Å². The van der Waals surface area contributed by atoms with Crippen molar-refractivity contribution in [2.75, 3.05) is 5.32 Å². The van der Waals surface area contributed by atoms with Gasteiger partial charge in [-0.25, -0.2) is 9.97 Å². The SMILES string of the molecule is CC(C)Nc1cncc(-c2cnc3[nH]nc(-c4nc5c(-c6ccc(F)s6)nccc5[nH]4)c3c2)c1. The number of H-pyrrole nitrogens is 2. The number of halogens is 1. The second-order valence-corrected chi connectivity index (χ2v) is 9.23. The van der Waals surface area contributed by atoms with Gasteiger partial charge in [0, 0.05) is 42.0 Å². The van der Waals surface area contributed by atoms with E-state index >= 15 is 0 Å². The van der Waals surface area contributed by atoms with Gasteiger partial charge in [-0.3, -0.25) is 15.1 Å². The van der Waals surface area contributed by atoms with Crippen LogP contribution in [-0.2, 0) is 0 Å². The fourth-order valence-electron chi connectivity index (χ4n) is 3.92. The molecule has 3 N–H and O–H groups in total. The first-order valence-corrected chi connectivity index (χ1v) is 11.5. The number of aromatic nitrogens is 7. The second kappa shape index (κ2) is 7.99. The first kappa shape index (κ1) is 20.4. The third-order valence-electron chi connectivity index (χ3n) is 5.38. The highest BCUT2D eigenvalue weighted by molar-refractivity contribution is 7.13. The van der Waals surface area contributed by atoms with Gasteiger partial charge in [-0.05, 0) is 44.2 Å². The first-order chi connectivity index (χ1) is 16.5. The van der Waals surface area contributed by atoms with Crippen LogP contribution in [0, 0.1) is 5.13 Å². The van der Waals surface area contributed by atoms with Crippen LogP contribution in [0.2, 0.25) is 0 Å². The summed E-state index contributed by atoms with van der Waals surface area (Å²) in [5, 5.41) is 11.4. The molecule has 6 rings (SSSR count). The number of thiophene rings is 1. The fraction of sp³-hybridized carbons (Fsp3) is 0.125. The number of nitrogens with one attached hydrogen (secondary N) is 3. The van der Waals surface area contributed by atoms with Crippen molar-refractivity contribution in [2.45, 2.75) is 19.9 Å². The highest BCUT2D eigenvalue weighted by atomic mass is 32.1. The molecule has 6 aromatic heterocycles. The molecular formula is C24H19FN8S. The van der Waals surface area contributed by atoms with Crippen molar-refractivity contribution in [1.29, 1.82) is 0 Å². The molecule has 0 spiro atoms. The van der Waals surface area contributed by atoms with E-state index in [1.807, 2.05) is 18.3 Å². The second-order valence-electron chi connectivity index (χ2n) is 8.20. The van der Waals surface area contributed by atoms with Crippen LogP contribution < -0.4 is 5.32 Å². The minimum Gasteiger partial charge on any atom is -0.382 e. The zero-order valence-electron chi connectivity index (χ0n) is 18.3. The van der Waals surface area contributed by atoms with E-state index in [0.717, 1.165) is 43.9 Å². The minimum absolute atomic E-state index is 0.261. The zero-order chi connectivity index (χ0) is 23.2.